The zero-order valence-corrected chi connectivity index (χ0v) is 13.7. The van der Waals surface area contributed by atoms with Crippen LogP contribution in [0.3, 0.4) is 0 Å². The molecule has 2 aromatic heterocycles. The first-order chi connectivity index (χ1) is 11.0. The average molecular weight is 353 g/mol. The Kier molecular flexibility index (Phi) is 3.45. The van der Waals surface area contributed by atoms with Gasteiger partial charge in [-0.15, -0.1) is 11.6 Å². The van der Waals surface area contributed by atoms with E-state index in [-0.39, 0.29) is 16.2 Å². The lowest BCUT2D eigenvalue weighted by Crippen LogP contribution is -2.38. The van der Waals surface area contributed by atoms with Crippen molar-refractivity contribution in [3.8, 4) is 0 Å². The molecule has 1 fully saturated rings. The van der Waals surface area contributed by atoms with Crippen molar-refractivity contribution < 1.29 is 13.9 Å². The van der Waals surface area contributed by atoms with Gasteiger partial charge in [-0.3, -0.25) is 0 Å². The fraction of sp³-hybridized carbons (Fsp3) is 0.353. The Labute approximate surface area is 141 Å². The van der Waals surface area contributed by atoms with Gasteiger partial charge in [0.15, 0.2) is 11.3 Å². The van der Waals surface area contributed by atoms with Gasteiger partial charge in [-0.2, -0.15) is 0 Å². The molecule has 23 heavy (non-hydrogen) atoms. The number of alkyl halides is 1. The Balaban J connectivity index is 2.06. The molecule has 0 radical (unpaired) electrons. The van der Waals surface area contributed by atoms with Crippen LogP contribution in [0.1, 0.15) is 31.4 Å². The van der Waals surface area contributed by atoms with E-state index in [2.05, 4.69) is 0 Å². The van der Waals surface area contributed by atoms with Crippen LogP contribution in [0.5, 0.6) is 0 Å². The number of fused-ring (bicyclic) bond motifs is 3. The molecule has 4 nitrogen and oxygen atoms in total. The number of hydrogen-bond acceptors (Lipinski definition) is 4. The molecule has 4 rings (SSSR count). The summed E-state index contributed by atoms with van der Waals surface area (Å²) in [5.41, 5.74) is -1.20. The lowest BCUT2D eigenvalue weighted by atomic mass is 9.82. The second-order valence-electron chi connectivity index (χ2n) is 5.97. The van der Waals surface area contributed by atoms with Gasteiger partial charge >= 0.3 is 5.63 Å². The summed E-state index contributed by atoms with van der Waals surface area (Å²) in [4.78, 5) is 12.3. The van der Waals surface area contributed by atoms with E-state index in [1.165, 1.54) is 0 Å². The van der Waals surface area contributed by atoms with E-state index in [4.69, 9.17) is 32.0 Å². The lowest BCUT2D eigenvalue weighted by Gasteiger charge is -2.34. The van der Waals surface area contributed by atoms with Gasteiger partial charge < -0.3 is 13.9 Å². The molecule has 120 valence electrons. The minimum absolute atomic E-state index is 0.0922. The first-order valence-electron chi connectivity index (χ1n) is 7.53. The number of halogens is 2. The fourth-order valence-electron chi connectivity index (χ4n) is 3.32. The Morgan fingerprint density at radius 3 is 2.78 bits per heavy atom. The van der Waals surface area contributed by atoms with Gasteiger partial charge in [0.1, 0.15) is 21.6 Å². The number of para-hydroxylation sites is 1. The molecule has 0 amide bonds. The van der Waals surface area contributed by atoms with Crippen LogP contribution in [-0.2, 0) is 5.60 Å². The summed E-state index contributed by atoms with van der Waals surface area (Å²) in [5.74, 6) is 0.164. The highest BCUT2D eigenvalue weighted by Gasteiger charge is 2.44. The van der Waals surface area contributed by atoms with Crippen molar-refractivity contribution in [3.63, 3.8) is 0 Å². The monoisotopic (exact) mass is 352 g/mol. The fourth-order valence-corrected chi connectivity index (χ4v) is 4.05. The highest BCUT2D eigenvalue weighted by Crippen LogP contribution is 2.46. The molecule has 1 aromatic carbocycles. The number of benzene rings is 1. The highest BCUT2D eigenvalue weighted by atomic mass is 35.5. The van der Waals surface area contributed by atoms with Crippen molar-refractivity contribution in [3.05, 3.63) is 45.5 Å². The van der Waals surface area contributed by atoms with E-state index in [1.54, 1.807) is 18.2 Å². The topological polar surface area (TPSA) is 63.6 Å². The van der Waals surface area contributed by atoms with Gasteiger partial charge in [0.2, 0.25) is 0 Å². The first kappa shape index (κ1) is 15.1. The third kappa shape index (κ3) is 2.12. The van der Waals surface area contributed by atoms with Crippen molar-refractivity contribution in [2.75, 3.05) is 0 Å². The van der Waals surface area contributed by atoms with Crippen molar-refractivity contribution in [1.29, 1.82) is 0 Å². The summed E-state index contributed by atoms with van der Waals surface area (Å²) in [5, 5.41) is 11.4. The van der Waals surface area contributed by atoms with Crippen molar-refractivity contribution >= 4 is 45.1 Å². The van der Waals surface area contributed by atoms with Crippen LogP contribution in [0.4, 0.5) is 0 Å². The van der Waals surface area contributed by atoms with E-state index in [9.17, 15) is 9.90 Å². The van der Waals surface area contributed by atoms with Gasteiger partial charge in [0.05, 0.1) is 10.8 Å². The molecule has 0 saturated heterocycles. The highest BCUT2D eigenvalue weighted by molar-refractivity contribution is 6.37. The molecule has 3 aromatic rings. The molecule has 0 bridgehead atoms. The van der Waals surface area contributed by atoms with E-state index in [1.807, 2.05) is 6.07 Å². The van der Waals surface area contributed by atoms with Gasteiger partial charge in [-0.1, -0.05) is 30.2 Å². The van der Waals surface area contributed by atoms with Crippen LogP contribution in [0, 0.1) is 0 Å². The van der Waals surface area contributed by atoms with Crippen LogP contribution in [0.2, 0.25) is 5.02 Å². The third-order valence-corrected chi connectivity index (χ3v) is 5.51. The summed E-state index contributed by atoms with van der Waals surface area (Å²) in [7, 11) is 0. The molecule has 1 saturated carbocycles. The van der Waals surface area contributed by atoms with E-state index >= 15 is 0 Å². The standard InChI is InChI=1S/C17H14Cl2O4/c18-11-7-3-4-8-17(11,21)15-13(19)12-14(23-15)9-5-1-2-6-10(9)22-16(12)20/h1-2,5-6,11,21H,3-4,7-8H2. The van der Waals surface area contributed by atoms with Gasteiger partial charge in [0.25, 0.3) is 0 Å². The van der Waals surface area contributed by atoms with E-state index in [0.717, 1.165) is 12.8 Å². The maximum atomic E-state index is 12.3. The molecular formula is C17H14Cl2O4. The largest absolute Gasteiger partial charge is 0.455 e. The minimum atomic E-state index is -1.37. The number of rotatable bonds is 1. The van der Waals surface area contributed by atoms with E-state index < -0.39 is 16.6 Å². The minimum Gasteiger partial charge on any atom is -0.455 e. The van der Waals surface area contributed by atoms with Gasteiger partial charge in [-0.05, 0) is 31.4 Å². The normalized spacial score (nSPS) is 25.3. The quantitative estimate of drug-likeness (QED) is 0.515. The molecule has 0 spiro atoms. The number of aliphatic hydroxyl groups is 1. The predicted molar refractivity (Wildman–Crippen MR) is 89.3 cm³/mol. The third-order valence-electron chi connectivity index (χ3n) is 4.57. The summed E-state index contributed by atoms with van der Waals surface area (Å²) in [6, 6.07) is 7.06. The maximum Gasteiger partial charge on any atom is 0.349 e. The molecule has 1 N–H and O–H groups in total. The summed E-state index contributed by atoms with van der Waals surface area (Å²) < 4.78 is 11.2. The second-order valence-corrected chi connectivity index (χ2v) is 6.88. The molecular weight excluding hydrogens is 339 g/mol. The Morgan fingerprint density at radius 2 is 2.00 bits per heavy atom. The SMILES string of the molecule is O=c1oc2ccccc2c2oc(C3(O)CCCCC3Cl)c(Cl)c12. The van der Waals surface area contributed by atoms with Crippen LogP contribution in [0.15, 0.2) is 37.9 Å². The van der Waals surface area contributed by atoms with Crippen molar-refractivity contribution in [2.45, 2.75) is 36.7 Å². The van der Waals surface area contributed by atoms with E-state index in [0.29, 0.717) is 29.4 Å². The van der Waals surface area contributed by atoms with Crippen LogP contribution >= 0.6 is 23.2 Å². The van der Waals surface area contributed by atoms with Crippen molar-refractivity contribution in [2.24, 2.45) is 0 Å². The molecule has 2 atom stereocenters. The zero-order chi connectivity index (χ0) is 16.2. The second kappa shape index (κ2) is 5.26. The zero-order valence-electron chi connectivity index (χ0n) is 12.1. The maximum absolute atomic E-state index is 12.3. The average Bonchev–Trinajstić information content (AvgIpc) is 2.90. The van der Waals surface area contributed by atoms with Gasteiger partial charge in [-0.25, -0.2) is 4.79 Å². The van der Waals surface area contributed by atoms with Crippen molar-refractivity contribution in [1.82, 2.24) is 0 Å². The summed E-state index contributed by atoms with van der Waals surface area (Å²) >= 11 is 12.7. The van der Waals surface area contributed by atoms with Crippen LogP contribution < -0.4 is 5.63 Å². The number of hydrogen-bond donors (Lipinski definition) is 1. The first-order valence-corrected chi connectivity index (χ1v) is 8.34. The summed E-state index contributed by atoms with van der Waals surface area (Å²) in [6.07, 6.45) is 2.88. The predicted octanol–water partition coefficient (Wildman–Crippen LogP) is 4.56. The van der Waals surface area contributed by atoms with Crippen LogP contribution in [0.25, 0.3) is 21.9 Å². The Bertz CT molecular complexity index is 958. The summed E-state index contributed by atoms with van der Waals surface area (Å²) in [6.45, 7) is 0. The lowest BCUT2D eigenvalue weighted by molar-refractivity contribution is -0.0141. The molecule has 2 heterocycles. The number of furan rings is 1. The van der Waals surface area contributed by atoms with Crippen LogP contribution in [-0.4, -0.2) is 10.5 Å². The Morgan fingerprint density at radius 1 is 1.22 bits per heavy atom. The molecule has 1 aliphatic rings. The molecule has 0 aliphatic heterocycles. The smallest absolute Gasteiger partial charge is 0.349 e. The Hall–Kier alpha value is -1.49. The van der Waals surface area contributed by atoms with Gasteiger partial charge in [0, 0.05) is 0 Å². The molecule has 6 heteroatoms. The molecule has 2 unspecified atom stereocenters. The molecule has 1 aliphatic carbocycles.